The summed E-state index contributed by atoms with van der Waals surface area (Å²) in [5.41, 5.74) is 6.73. The van der Waals surface area contributed by atoms with Crippen LogP contribution in [0.2, 0.25) is 0 Å². The predicted octanol–water partition coefficient (Wildman–Crippen LogP) is 5.07. The van der Waals surface area contributed by atoms with Crippen molar-refractivity contribution in [2.75, 3.05) is 6.61 Å². The number of ether oxygens (including phenoxy) is 1. The minimum atomic E-state index is -0.232. The lowest BCUT2D eigenvalue weighted by Gasteiger charge is -2.31. The molecule has 1 aromatic rings. The SMILES string of the molecule is CCOC(=O)C1=CCc2cc(C#CC3=C(C)CCCC3(C)C)ccc21. The fraction of sp³-hybridized carbons (Fsp3) is 0.435. The van der Waals surface area contributed by atoms with Crippen LogP contribution in [0.25, 0.3) is 5.57 Å². The van der Waals surface area contributed by atoms with E-state index in [1.54, 1.807) is 0 Å². The third-order valence-corrected chi connectivity index (χ3v) is 5.21. The molecule has 0 N–H and O–H groups in total. The van der Waals surface area contributed by atoms with E-state index in [-0.39, 0.29) is 11.4 Å². The van der Waals surface area contributed by atoms with Gasteiger partial charge in [-0.25, -0.2) is 4.79 Å². The molecule has 0 saturated carbocycles. The summed E-state index contributed by atoms with van der Waals surface area (Å²) in [4.78, 5) is 12.0. The zero-order chi connectivity index (χ0) is 18.0. The van der Waals surface area contributed by atoms with Gasteiger partial charge in [0.1, 0.15) is 0 Å². The van der Waals surface area contributed by atoms with Crippen molar-refractivity contribution in [3.8, 4) is 11.8 Å². The van der Waals surface area contributed by atoms with E-state index in [9.17, 15) is 4.79 Å². The van der Waals surface area contributed by atoms with Gasteiger partial charge >= 0.3 is 5.97 Å². The van der Waals surface area contributed by atoms with E-state index in [0.29, 0.717) is 12.2 Å². The molecule has 0 bridgehead atoms. The molecule has 2 heteroatoms. The molecule has 0 aliphatic heterocycles. The van der Waals surface area contributed by atoms with Crippen molar-refractivity contribution in [1.82, 2.24) is 0 Å². The van der Waals surface area contributed by atoms with E-state index in [1.165, 1.54) is 24.0 Å². The number of rotatable bonds is 2. The monoisotopic (exact) mass is 334 g/mol. The Morgan fingerprint density at radius 2 is 2.08 bits per heavy atom. The lowest BCUT2D eigenvalue weighted by atomic mass is 9.73. The van der Waals surface area contributed by atoms with E-state index in [2.05, 4.69) is 38.7 Å². The minimum Gasteiger partial charge on any atom is -0.462 e. The lowest BCUT2D eigenvalue weighted by molar-refractivity contribution is -0.136. The third-order valence-electron chi connectivity index (χ3n) is 5.21. The minimum absolute atomic E-state index is 0.171. The Bertz CT molecular complexity index is 825. The van der Waals surface area contributed by atoms with Gasteiger partial charge in [0.25, 0.3) is 0 Å². The molecule has 0 aromatic heterocycles. The maximum absolute atomic E-state index is 12.0. The van der Waals surface area contributed by atoms with E-state index >= 15 is 0 Å². The molecular formula is C23H26O2. The summed E-state index contributed by atoms with van der Waals surface area (Å²) in [6.07, 6.45) is 6.34. The standard InChI is InChI=1S/C23H26O2/c1-5-25-22(24)20-12-10-18-15-17(8-11-19(18)20)9-13-21-16(2)7-6-14-23(21,3)4/h8,11-12,15H,5-7,10,14H2,1-4H3. The molecule has 2 aliphatic carbocycles. The first-order valence-corrected chi connectivity index (χ1v) is 9.15. The van der Waals surface area contributed by atoms with Crippen LogP contribution in [0.4, 0.5) is 0 Å². The summed E-state index contributed by atoms with van der Waals surface area (Å²) in [7, 11) is 0. The van der Waals surface area contributed by atoms with E-state index in [4.69, 9.17) is 4.74 Å². The number of fused-ring (bicyclic) bond motifs is 1. The van der Waals surface area contributed by atoms with E-state index in [1.807, 2.05) is 25.1 Å². The van der Waals surface area contributed by atoms with Crippen molar-refractivity contribution >= 4 is 11.5 Å². The Balaban J connectivity index is 1.86. The van der Waals surface area contributed by atoms with Crippen LogP contribution in [0.1, 0.15) is 63.6 Å². The quantitative estimate of drug-likeness (QED) is 0.558. The maximum Gasteiger partial charge on any atom is 0.338 e. The van der Waals surface area contributed by atoms with Gasteiger partial charge in [-0.2, -0.15) is 0 Å². The highest BCUT2D eigenvalue weighted by Gasteiger charge is 2.27. The number of hydrogen-bond acceptors (Lipinski definition) is 2. The molecule has 0 atom stereocenters. The van der Waals surface area contributed by atoms with Crippen molar-refractivity contribution < 1.29 is 9.53 Å². The van der Waals surface area contributed by atoms with Crippen LogP contribution in [-0.2, 0) is 16.0 Å². The Morgan fingerprint density at radius 1 is 1.28 bits per heavy atom. The summed E-state index contributed by atoms with van der Waals surface area (Å²) in [5, 5.41) is 0. The average molecular weight is 334 g/mol. The molecule has 0 saturated heterocycles. The van der Waals surface area contributed by atoms with Gasteiger partial charge in [-0.1, -0.05) is 43.4 Å². The molecular weight excluding hydrogens is 308 g/mol. The average Bonchev–Trinajstić information content (AvgIpc) is 2.97. The summed E-state index contributed by atoms with van der Waals surface area (Å²) < 4.78 is 5.13. The molecule has 0 amide bonds. The molecule has 2 aliphatic rings. The van der Waals surface area contributed by atoms with Crippen molar-refractivity contribution in [3.05, 3.63) is 52.1 Å². The molecule has 2 nitrogen and oxygen atoms in total. The molecule has 3 rings (SSSR count). The zero-order valence-electron chi connectivity index (χ0n) is 15.7. The van der Waals surface area contributed by atoms with Crippen LogP contribution in [0.3, 0.4) is 0 Å². The van der Waals surface area contributed by atoms with Gasteiger partial charge in [0, 0.05) is 11.1 Å². The number of esters is 1. The Labute approximate surface area is 151 Å². The molecule has 0 fully saturated rings. The maximum atomic E-state index is 12.0. The molecule has 130 valence electrons. The highest BCUT2D eigenvalue weighted by molar-refractivity contribution is 6.18. The van der Waals surface area contributed by atoms with Gasteiger partial charge in [-0.05, 0) is 68.2 Å². The molecule has 0 heterocycles. The molecule has 0 radical (unpaired) electrons. The molecule has 0 spiro atoms. The fourth-order valence-corrected chi connectivity index (χ4v) is 3.86. The first-order valence-electron chi connectivity index (χ1n) is 9.15. The molecule has 1 aromatic carbocycles. The highest BCUT2D eigenvalue weighted by atomic mass is 16.5. The smallest absolute Gasteiger partial charge is 0.338 e. The second-order valence-corrected chi connectivity index (χ2v) is 7.56. The van der Waals surface area contributed by atoms with Gasteiger partial charge < -0.3 is 4.74 Å². The van der Waals surface area contributed by atoms with Crippen molar-refractivity contribution in [2.45, 2.75) is 53.4 Å². The second-order valence-electron chi connectivity index (χ2n) is 7.56. The summed E-state index contributed by atoms with van der Waals surface area (Å²) in [6, 6.07) is 6.12. The van der Waals surface area contributed by atoms with Crippen LogP contribution in [0.5, 0.6) is 0 Å². The van der Waals surface area contributed by atoms with E-state index < -0.39 is 0 Å². The van der Waals surface area contributed by atoms with Gasteiger partial charge in [-0.3, -0.25) is 0 Å². The van der Waals surface area contributed by atoms with Crippen LogP contribution >= 0.6 is 0 Å². The number of benzene rings is 1. The third kappa shape index (κ3) is 3.56. The molecule has 25 heavy (non-hydrogen) atoms. The van der Waals surface area contributed by atoms with Crippen molar-refractivity contribution in [2.24, 2.45) is 5.41 Å². The highest BCUT2D eigenvalue weighted by Crippen LogP contribution is 2.39. The van der Waals surface area contributed by atoms with Crippen LogP contribution < -0.4 is 0 Å². The summed E-state index contributed by atoms with van der Waals surface area (Å²) in [6.45, 7) is 9.02. The van der Waals surface area contributed by atoms with Crippen molar-refractivity contribution in [1.29, 1.82) is 0 Å². The fourth-order valence-electron chi connectivity index (χ4n) is 3.86. The number of carbonyl (C=O) groups is 1. The van der Waals surface area contributed by atoms with E-state index in [0.717, 1.165) is 29.5 Å². The largest absolute Gasteiger partial charge is 0.462 e. The Hall–Kier alpha value is -2.27. The van der Waals surface area contributed by atoms with Crippen LogP contribution in [0, 0.1) is 17.3 Å². The van der Waals surface area contributed by atoms with Crippen molar-refractivity contribution in [3.63, 3.8) is 0 Å². The zero-order valence-corrected chi connectivity index (χ0v) is 15.7. The number of carbonyl (C=O) groups excluding carboxylic acids is 1. The second kappa shape index (κ2) is 6.92. The Kier molecular flexibility index (Phi) is 4.86. The summed E-state index contributed by atoms with van der Waals surface area (Å²) >= 11 is 0. The number of hydrogen-bond donors (Lipinski definition) is 0. The van der Waals surface area contributed by atoms with Crippen LogP contribution in [-0.4, -0.2) is 12.6 Å². The van der Waals surface area contributed by atoms with Gasteiger partial charge in [-0.15, -0.1) is 0 Å². The van der Waals surface area contributed by atoms with Crippen LogP contribution in [0.15, 0.2) is 35.4 Å². The van der Waals surface area contributed by atoms with Gasteiger partial charge in [0.15, 0.2) is 0 Å². The summed E-state index contributed by atoms with van der Waals surface area (Å²) in [5.74, 6) is 6.56. The Morgan fingerprint density at radius 3 is 2.80 bits per heavy atom. The topological polar surface area (TPSA) is 26.3 Å². The number of allylic oxidation sites excluding steroid dienone is 3. The van der Waals surface area contributed by atoms with Gasteiger partial charge in [0.2, 0.25) is 0 Å². The first-order chi connectivity index (χ1) is 11.9. The normalized spacial score (nSPS) is 18.2. The molecule has 0 unspecified atom stereocenters. The lowest BCUT2D eigenvalue weighted by Crippen LogP contribution is -2.19. The first kappa shape index (κ1) is 17.5. The van der Waals surface area contributed by atoms with Gasteiger partial charge in [0.05, 0.1) is 12.2 Å². The predicted molar refractivity (Wildman–Crippen MR) is 102 cm³/mol.